The van der Waals surface area contributed by atoms with Gasteiger partial charge >= 0.3 is 0 Å². The molecule has 0 bridgehead atoms. The summed E-state index contributed by atoms with van der Waals surface area (Å²) in [5.41, 5.74) is 2.28. The lowest BCUT2D eigenvalue weighted by Crippen LogP contribution is -2.31. The average Bonchev–Trinajstić information content (AvgIpc) is 2.54. The van der Waals surface area contributed by atoms with Gasteiger partial charge in [0.05, 0.1) is 6.04 Å². The van der Waals surface area contributed by atoms with Crippen molar-refractivity contribution in [2.75, 3.05) is 6.61 Å². The lowest BCUT2D eigenvalue weighted by atomic mass is 9.99. The first-order chi connectivity index (χ1) is 11.0. The Hall–Kier alpha value is -2.36. The predicted molar refractivity (Wildman–Crippen MR) is 89.0 cm³/mol. The molecule has 0 radical (unpaired) electrons. The van der Waals surface area contributed by atoms with Gasteiger partial charge in [0, 0.05) is 0 Å². The highest BCUT2D eigenvalue weighted by Gasteiger charge is 2.11. The van der Waals surface area contributed by atoms with E-state index >= 15 is 0 Å². The summed E-state index contributed by atoms with van der Waals surface area (Å²) in [6.07, 6.45) is 0. The summed E-state index contributed by atoms with van der Waals surface area (Å²) in [6, 6.07) is 14.1. The average molecular weight is 315 g/mol. The van der Waals surface area contributed by atoms with E-state index in [2.05, 4.69) is 31.3 Å². The third-order valence-corrected chi connectivity index (χ3v) is 3.68. The molecule has 0 fully saturated rings. The molecule has 23 heavy (non-hydrogen) atoms. The molecule has 0 spiro atoms. The van der Waals surface area contributed by atoms with Crippen molar-refractivity contribution in [2.24, 2.45) is 0 Å². The fraction of sp³-hybridized carbons (Fsp3) is 0.316. The zero-order valence-corrected chi connectivity index (χ0v) is 13.7. The summed E-state index contributed by atoms with van der Waals surface area (Å²) in [5.74, 6) is -0.203. The van der Waals surface area contributed by atoms with E-state index in [4.69, 9.17) is 4.74 Å². The second-order valence-corrected chi connectivity index (χ2v) is 5.83. The largest absolute Gasteiger partial charge is 0.481 e. The first kappa shape index (κ1) is 17.0. The van der Waals surface area contributed by atoms with E-state index in [0.717, 1.165) is 5.56 Å². The molecule has 0 aliphatic carbocycles. The number of rotatable bonds is 6. The zero-order chi connectivity index (χ0) is 16.8. The molecule has 0 heterocycles. The van der Waals surface area contributed by atoms with E-state index in [9.17, 15) is 9.18 Å². The highest BCUT2D eigenvalue weighted by Crippen LogP contribution is 2.19. The van der Waals surface area contributed by atoms with E-state index in [1.165, 1.54) is 17.7 Å². The molecule has 1 N–H and O–H groups in total. The van der Waals surface area contributed by atoms with Crippen molar-refractivity contribution < 1.29 is 13.9 Å². The van der Waals surface area contributed by atoms with E-state index in [1.54, 1.807) is 12.1 Å². The number of ether oxygens (including phenoxy) is 1. The summed E-state index contributed by atoms with van der Waals surface area (Å²) < 4.78 is 18.6. The number of carbonyl (C=O) groups is 1. The molecular formula is C19H22FNO2. The van der Waals surface area contributed by atoms with Crippen molar-refractivity contribution in [3.05, 3.63) is 65.5 Å². The minimum absolute atomic E-state index is 0.0802. The Balaban J connectivity index is 1.88. The fourth-order valence-corrected chi connectivity index (χ4v) is 2.24. The SMILES string of the molecule is CC(C)c1ccc(C(C)NC(=O)COc2ccccc2F)cc1. The fourth-order valence-electron chi connectivity index (χ4n) is 2.24. The van der Waals surface area contributed by atoms with Crippen LogP contribution in [0.5, 0.6) is 5.75 Å². The van der Waals surface area contributed by atoms with Gasteiger partial charge < -0.3 is 10.1 Å². The minimum atomic E-state index is -0.474. The molecule has 2 rings (SSSR count). The second kappa shape index (κ2) is 7.77. The Labute approximate surface area is 136 Å². The van der Waals surface area contributed by atoms with Gasteiger partial charge in [-0.3, -0.25) is 4.79 Å². The van der Waals surface area contributed by atoms with Crippen molar-refractivity contribution in [2.45, 2.75) is 32.7 Å². The normalized spacial score (nSPS) is 12.0. The molecule has 122 valence electrons. The van der Waals surface area contributed by atoms with Gasteiger partial charge in [0.2, 0.25) is 0 Å². The van der Waals surface area contributed by atoms with Crippen LogP contribution in [0.4, 0.5) is 4.39 Å². The van der Waals surface area contributed by atoms with E-state index < -0.39 is 5.82 Å². The maximum Gasteiger partial charge on any atom is 0.258 e. The van der Waals surface area contributed by atoms with Gasteiger partial charge in [-0.15, -0.1) is 0 Å². The van der Waals surface area contributed by atoms with Crippen LogP contribution in [0.25, 0.3) is 0 Å². The van der Waals surface area contributed by atoms with Crippen LogP contribution in [-0.4, -0.2) is 12.5 Å². The number of hydrogen-bond acceptors (Lipinski definition) is 2. The van der Waals surface area contributed by atoms with Gasteiger partial charge in [-0.25, -0.2) is 4.39 Å². The third-order valence-electron chi connectivity index (χ3n) is 3.68. The Morgan fingerprint density at radius 1 is 1.04 bits per heavy atom. The smallest absolute Gasteiger partial charge is 0.258 e. The molecule has 2 aromatic rings. The van der Waals surface area contributed by atoms with Crippen LogP contribution in [0.2, 0.25) is 0 Å². The van der Waals surface area contributed by atoms with E-state index in [1.807, 2.05) is 19.1 Å². The number of nitrogens with one attached hydrogen (secondary N) is 1. The van der Waals surface area contributed by atoms with Crippen LogP contribution >= 0.6 is 0 Å². The minimum Gasteiger partial charge on any atom is -0.481 e. The van der Waals surface area contributed by atoms with E-state index in [-0.39, 0.29) is 24.3 Å². The zero-order valence-electron chi connectivity index (χ0n) is 13.7. The third kappa shape index (κ3) is 4.81. The van der Waals surface area contributed by atoms with Gasteiger partial charge in [-0.05, 0) is 36.1 Å². The number of para-hydroxylation sites is 1. The van der Waals surface area contributed by atoms with Gasteiger partial charge in [0.15, 0.2) is 18.2 Å². The molecule has 0 aliphatic rings. The Morgan fingerprint density at radius 2 is 1.65 bits per heavy atom. The first-order valence-corrected chi connectivity index (χ1v) is 7.74. The summed E-state index contributed by atoms with van der Waals surface area (Å²) in [4.78, 5) is 11.9. The number of benzene rings is 2. The van der Waals surface area contributed by atoms with Crippen LogP contribution in [0.15, 0.2) is 48.5 Å². The van der Waals surface area contributed by atoms with Crippen LogP contribution < -0.4 is 10.1 Å². The van der Waals surface area contributed by atoms with E-state index in [0.29, 0.717) is 5.92 Å². The van der Waals surface area contributed by atoms with Crippen molar-refractivity contribution in [3.63, 3.8) is 0 Å². The topological polar surface area (TPSA) is 38.3 Å². The van der Waals surface area contributed by atoms with Crippen LogP contribution in [0.3, 0.4) is 0 Å². The summed E-state index contributed by atoms with van der Waals surface area (Å²) >= 11 is 0. The van der Waals surface area contributed by atoms with Gasteiger partial charge in [0.1, 0.15) is 0 Å². The van der Waals surface area contributed by atoms with Crippen molar-refractivity contribution in [3.8, 4) is 5.75 Å². The molecule has 1 unspecified atom stereocenters. The first-order valence-electron chi connectivity index (χ1n) is 7.74. The second-order valence-electron chi connectivity index (χ2n) is 5.83. The molecule has 0 saturated heterocycles. The Bertz CT molecular complexity index is 653. The molecule has 1 amide bonds. The van der Waals surface area contributed by atoms with Gasteiger partial charge in [0.25, 0.3) is 5.91 Å². The molecule has 0 aromatic heterocycles. The Kier molecular flexibility index (Phi) is 5.74. The molecule has 3 nitrogen and oxygen atoms in total. The van der Waals surface area contributed by atoms with Crippen LogP contribution in [0.1, 0.15) is 43.9 Å². The number of carbonyl (C=O) groups excluding carboxylic acids is 1. The Morgan fingerprint density at radius 3 is 2.26 bits per heavy atom. The van der Waals surface area contributed by atoms with Gasteiger partial charge in [-0.1, -0.05) is 50.2 Å². The maximum atomic E-state index is 13.4. The number of hydrogen-bond donors (Lipinski definition) is 1. The predicted octanol–water partition coefficient (Wildman–Crippen LogP) is 4.21. The van der Waals surface area contributed by atoms with Crippen molar-refractivity contribution >= 4 is 5.91 Å². The number of amides is 1. The highest BCUT2D eigenvalue weighted by atomic mass is 19.1. The molecule has 0 saturated carbocycles. The lowest BCUT2D eigenvalue weighted by molar-refractivity contribution is -0.123. The lowest BCUT2D eigenvalue weighted by Gasteiger charge is -2.16. The highest BCUT2D eigenvalue weighted by molar-refractivity contribution is 5.78. The monoisotopic (exact) mass is 315 g/mol. The van der Waals surface area contributed by atoms with Crippen LogP contribution in [0, 0.1) is 5.82 Å². The summed E-state index contributed by atoms with van der Waals surface area (Å²) in [5, 5.41) is 2.85. The molecule has 2 aromatic carbocycles. The molecule has 0 aliphatic heterocycles. The van der Waals surface area contributed by atoms with Gasteiger partial charge in [-0.2, -0.15) is 0 Å². The molecule has 1 atom stereocenters. The standard InChI is InChI=1S/C19H22FNO2/c1-13(2)15-8-10-16(11-9-15)14(3)21-19(22)12-23-18-7-5-4-6-17(18)20/h4-11,13-14H,12H2,1-3H3,(H,21,22). The van der Waals surface area contributed by atoms with Crippen molar-refractivity contribution in [1.82, 2.24) is 5.32 Å². The maximum absolute atomic E-state index is 13.4. The van der Waals surface area contributed by atoms with Crippen LogP contribution in [-0.2, 0) is 4.79 Å². The number of halogens is 1. The summed E-state index contributed by atoms with van der Waals surface area (Å²) in [7, 11) is 0. The quantitative estimate of drug-likeness (QED) is 0.867. The molecule has 4 heteroatoms. The summed E-state index contributed by atoms with van der Waals surface area (Å²) in [6.45, 7) is 5.97. The van der Waals surface area contributed by atoms with Crippen molar-refractivity contribution in [1.29, 1.82) is 0 Å². The molecular weight excluding hydrogens is 293 g/mol.